The molecule has 104 valence electrons. The van der Waals surface area contributed by atoms with Gasteiger partial charge in [-0.2, -0.15) is 0 Å². The van der Waals surface area contributed by atoms with Gasteiger partial charge < -0.3 is 10.2 Å². The van der Waals surface area contributed by atoms with E-state index in [4.69, 9.17) is 0 Å². The van der Waals surface area contributed by atoms with Crippen LogP contribution in [0.15, 0.2) is 18.2 Å². The molecule has 0 bridgehead atoms. The monoisotopic (exact) mass is 270 g/mol. The van der Waals surface area contributed by atoms with Gasteiger partial charge in [-0.15, -0.1) is 0 Å². The Balaban J connectivity index is 2.89. The lowest BCUT2D eigenvalue weighted by atomic mass is 10.1. The summed E-state index contributed by atoms with van der Waals surface area (Å²) in [6.45, 7) is 3.90. The van der Waals surface area contributed by atoms with Crippen LogP contribution in [-0.2, 0) is 4.79 Å². The van der Waals surface area contributed by atoms with Crippen LogP contribution >= 0.6 is 0 Å². The molecule has 0 radical (unpaired) electrons. The van der Waals surface area contributed by atoms with E-state index in [1.165, 1.54) is 12.1 Å². The second kappa shape index (κ2) is 6.82. The first-order valence-electron chi connectivity index (χ1n) is 6.01. The van der Waals surface area contributed by atoms with Crippen molar-refractivity contribution >= 4 is 11.8 Å². The summed E-state index contributed by atoms with van der Waals surface area (Å²) in [7, 11) is 0. The average molecular weight is 270 g/mol. The molecule has 0 aliphatic heterocycles. The zero-order valence-electron chi connectivity index (χ0n) is 10.9. The molecule has 19 heavy (non-hydrogen) atoms. The number of likely N-dealkylation sites (N-methyl/N-ethyl adjacent to an activating group) is 2. The molecule has 0 heterocycles. The minimum atomic E-state index is -1.19. The maximum absolute atomic E-state index is 13.5. The number of rotatable bonds is 5. The van der Waals surface area contributed by atoms with E-state index in [1.54, 1.807) is 13.8 Å². The van der Waals surface area contributed by atoms with Crippen LogP contribution < -0.4 is 5.32 Å². The molecule has 6 heteroatoms. The fourth-order valence-electron chi connectivity index (χ4n) is 1.59. The minimum Gasteiger partial charge on any atom is -0.355 e. The van der Waals surface area contributed by atoms with E-state index in [2.05, 4.69) is 5.32 Å². The van der Waals surface area contributed by atoms with Gasteiger partial charge in [0.2, 0.25) is 5.91 Å². The molecule has 4 nitrogen and oxygen atoms in total. The molecule has 0 aliphatic rings. The maximum Gasteiger partial charge on any atom is 0.257 e. The summed E-state index contributed by atoms with van der Waals surface area (Å²) in [6, 6.07) is 3.39. The molecule has 0 unspecified atom stereocenters. The summed E-state index contributed by atoms with van der Waals surface area (Å²) >= 11 is 0. The normalized spacial score (nSPS) is 10.1. The minimum absolute atomic E-state index is 0.181. The third kappa shape index (κ3) is 3.74. The van der Waals surface area contributed by atoms with Crippen LogP contribution in [0.25, 0.3) is 0 Å². The first-order chi connectivity index (χ1) is 9.01. The van der Waals surface area contributed by atoms with Gasteiger partial charge in [0.15, 0.2) is 11.6 Å². The second-order valence-corrected chi connectivity index (χ2v) is 3.87. The highest BCUT2D eigenvalue weighted by molar-refractivity contribution is 5.96. The predicted molar refractivity (Wildman–Crippen MR) is 66.6 cm³/mol. The van der Waals surface area contributed by atoms with Crippen LogP contribution in [0.5, 0.6) is 0 Å². The molecule has 0 saturated carbocycles. The van der Waals surface area contributed by atoms with Crippen molar-refractivity contribution in [3.05, 3.63) is 35.4 Å². The summed E-state index contributed by atoms with van der Waals surface area (Å²) in [5.41, 5.74) is -0.369. The zero-order chi connectivity index (χ0) is 14.4. The van der Waals surface area contributed by atoms with Gasteiger partial charge in [-0.05, 0) is 26.0 Å². The van der Waals surface area contributed by atoms with Gasteiger partial charge in [0.05, 0.1) is 12.1 Å². The molecule has 0 aromatic heterocycles. The Labute approximate surface area is 110 Å². The first-order valence-corrected chi connectivity index (χ1v) is 6.01. The maximum atomic E-state index is 13.5. The third-order valence-corrected chi connectivity index (χ3v) is 2.56. The summed E-state index contributed by atoms with van der Waals surface area (Å²) in [6.07, 6.45) is 0. The molecule has 0 saturated heterocycles. The van der Waals surface area contributed by atoms with Crippen LogP contribution in [-0.4, -0.2) is 36.3 Å². The van der Waals surface area contributed by atoms with E-state index in [0.29, 0.717) is 6.54 Å². The van der Waals surface area contributed by atoms with E-state index in [0.717, 1.165) is 11.0 Å². The van der Waals surface area contributed by atoms with Gasteiger partial charge in [0, 0.05) is 13.1 Å². The van der Waals surface area contributed by atoms with Gasteiger partial charge in [0.1, 0.15) is 0 Å². The first kappa shape index (κ1) is 15.1. The number of nitrogens with zero attached hydrogens (tertiary/aromatic N) is 1. The van der Waals surface area contributed by atoms with Gasteiger partial charge in [-0.1, -0.05) is 6.07 Å². The zero-order valence-corrected chi connectivity index (χ0v) is 10.9. The molecular formula is C13H16F2N2O2. The predicted octanol–water partition coefficient (Wildman–Crippen LogP) is 1.56. The van der Waals surface area contributed by atoms with E-state index < -0.39 is 17.5 Å². The van der Waals surface area contributed by atoms with Crippen molar-refractivity contribution in [2.24, 2.45) is 0 Å². The second-order valence-electron chi connectivity index (χ2n) is 3.87. The topological polar surface area (TPSA) is 49.4 Å². The van der Waals surface area contributed by atoms with E-state index >= 15 is 0 Å². The lowest BCUT2D eigenvalue weighted by molar-refractivity contribution is -0.121. The van der Waals surface area contributed by atoms with Crippen molar-refractivity contribution in [1.29, 1.82) is 0 Å². The number of carbonyl (C=O) groups is 2. The Morgan fingerprint density at radius 3 is 2.53 bits per heavy atom. The Kier molecular flexibility index (Phi) is 5.41. The van der Waals surface area contributed by atoms with Crippen LogP contribution in [0.4, 0.5) is 8.78 Å². The molecule has 0 aliphatic carbocycles. The number of benzene rings is 1. The fraction of sp³-hybridized carbons (Fsp3) is 0.385. The molecular weight excluding hydrogens is 254 g/mol. The number of carbonyl (C=O) groups excluding carboxylic acids is 2. The van der Waals surface area contributed by atoms with Crippen LogP contribution in [0.3, 0.4) is 0 Å². The highest BCUT2D eigenvalue weighted by Gasteiger charge is 2.21. The molecule has 1 aromatic carbocycles. The van der Waals surface area contributed by atoms with Crippen molar-refractivity contribution in [2.75, 3.05) is 19.6 Å². The number of halogens is 2. The Hall–Kier alpha value is -1.98. The molecule has 1 N–H and O–H groups in total. The molecule has 1 aromatic rings. The molecule has 0 atom stereocenters. The summed E-state index contributed by atoms with van der Waals surface area (Å²) in [4.78, 5) is 24.6. The quantitative estimate of drug-likeness (QED) is 0.882. The van der Waals surface area contributed by atoms with Gasteiger partial charge in [-0.25, -0.2) is 8.78 Å². The largest absolute Gasteiger partial charge is 0.355 e. The van der Waals surface area contributed by atoms with Crippen LogP contribution in [0.2, 0.25) is 0 Å². The van der Waals surface area contributed by atoms with Crippen LogP contribution in [0, 0.1) is 11.6 Å². The highest BCUT2D eigenvalue weighted by Crippen LogP contribution is 2.13. The lowest BCUT2D eigenvalue weighted by Crippen LogP contribution is -2.40. The van der Waals surface area contributed by atoms with Crippen molar-refractivity contribution in [3.63, 3.8) is 0 Å². The third-order valence-electron chi connectivity index (χ3n) is 2.56. The summed E-state index contributed by atoms with van der Waals surface area (Å²) in [5.74, 6) is -3.32. The summed E-state index contributed by atoms with van der Waals surface area (Å²) in [5, 5.41) is 2.54. The van der Waals surface area contributed by atoms with Gasteiger partial charge >= 0.3 is 0 Å². The van der Waals surface area contributed by atoms with E-state index in [-0.39, 0.29) is 24.6 Å². The SMILES string of the molecule is CCNC(=O)CN(CC)C(=O)c1cccc(F)c1F. The summed E-state index contributed by atoms with van der Waals surface area (Å²) < 4.78 is 26.6. The van der Waals surface area contributed by atoms with E-state index in [9.17, 15) is 18.4 Å². The van der Waals surface area contributed by atoms with Gasteiger partial charge in [0.25, 0.3) is 5.91 Å². The molecule has 0 spiro atoms. The van der Waals surface area contributed by atoms with Gasteiger partial charge in [-0.3, -0.25) is 9.59 Å². The molecule has 0 fully saturated rings. The highest BCUT2D eigenvalue weighted by atomic mass is 19.2. The van der Waals surface area contributed by atoms with Crippen molar-refractivity contribution in [2.45, 2.75) is 13.8 Å². The van der Waals surface area contributed by atoms with E-state index in [1.807, 2.05) is 0 Å². The number of nitrogens with one attached hydrogen (secondary N) is 1. The van der Waals surface area contributed by atoms with Crippen molar-refractivity contribution in [1.82, 2.24) is 10.2 Å². The smallest absolute Gasteiger partial charge is 0.257 e. The Bertz CT molecular complexity index is 478. The number of hydrogen-bond acceptors (Lipinski definition) is 2. The van der Waals surface area contributed by atoms with Crippen molar-refractivity contribution in [3.8, 4) is 0 Å². The van der Waals surface area contributed by atoms with Crippen LogP contribution in [0.1, 0.15) is 24.2 Å². The molecule has 2 amide bonds. The lowest BCUT2D eigenvalue weighted by Gasteiger charge is -2.20. The fourth-order valence-corrected chi connectivity index (χ4v) is 1.59. The number of amides is 2. The molecule has 1 rings (SSSR count). The Morgan fingerprint density at radius 2 is 1.95 bits per heavy atom. The average Bonchev–Trinajstić information content (AvgIpc) is 2.39. The number of hydrogen-bond donors (Lipinski definition) is 1. The Morgan fingerprint density at radius 1 is 1.26 bits per heavy atom. The van der Waals surface area contributed by atoms with Crippen molar-refractivity contribution < 1.29 is 18.4 Å². The standard InChI is InChI=1S/C13H16F2N2O2/c1-3-16-11(18)8-17(4-2)13(19)9-6-5-7-10(14)12(9)15/h5-7H,3-4,8H2,1-2H3,(H,16,18).